The molecule has 1 N–H and O–H groups in total. The average molecular weight is 419 g/mol. The lowest BCUT2D eigenvalue weighted by Crippen LogP contribution is -2.11. The van der Waals surface area contributed by atoms with E-state index in [1.807, 2.05) is 6.92 Å². The van der Waals surface area contributed by atoms with E-state index in [0.29, 0.717) is 27.0 Å². The zero-order chi connectivity index (χ0) is 20.1. The Morgan fingerprint density at radius 2 is 2.00 bits per heavy atom. The van der Waals surface area contributed by atoms with E-state index in [1.165, 1.54) is 0 Å². The molecule has 1 amide bonds. The highest BCUT2D eigenvalue weighted by atomic mass is 32.1. The maximum Gasteiger partial charge on any atom is 0.350 e. The third kappa shape index (κ3) is 4.70. The molecule has 0 bridgehead atoms. The number of aromatic nitrogens is 3. The topological polar surface area (TPSA) is 103 Å². The fraction of sp³-hybridized carbons (Fsp3) is 0.278. The second kappa shape index (κ2) is 8.89. The summed E-state index contributed by atoms with van der Waals surface area (Å²) in [7, 11) is 0. The number of thiazole rings is 1. The smallest absolute Gasteiger partial charge is 0.350 e. The molecule has 0 unspecified atom stereocenters. The molecule has 0 saturated carbocycles. The van der Waals surface area contributed by atoms with E-state index in [-0.39, 0.29) is 19.1 Å². The molecule has 0 spiro atoms. The van der Waals surface area contributed by atoms with Crippen LogP contribution in [0.4, 0.5) is 5.13 Å². The van der Waals surface area contributed by atoms with Crippen LogP contribution in [0.2, 0.25) is 0 Å². The van der Waals surface area contributed by atoms with E-state index in [9.17, 15) is 9.59 Å². The Balaban J connectivity index is 1.67. The largest absolute Gasteiger partial charge is 0.487 e. The summed E-state index contributed by atoms with van der Waals surface area (Å²) in [6, 6.07) is 6.80. The molecule has 0 aliphatic rings. The van der Waals surface area contributed by atoms with Crippen molar-refractivity contribution >= 4 is 40.1 Å². The summed E-state index contributed by atoms with van der Waals surface area (Å²) in [6.07, 6.45) is 0. The molecular formula is C18H18N4O4S2. The molecule has 146 valence electrons. The Bertz CT molecular complexity index is 999. The van der Waals surface area contributed by atoms with Gasteiger partial charge in [0.05, 0.1) is 29.7 Å². The van der Waals surface area contributed by atoms with Gasteiger partial charge in [-0.1, -0.05) is 17.4 Å². The van der Waals surface area contributed by atoms with Gasteiger partial charge in [-0.15, -0.1) is 0 Å². The van der Waals surface area contributed by atoms with Gasteiger partial charge in [-0.05, 0) is 39.0 Å². The van der Waals surface area contributed by atoms with E-state index in [4.69, 9.17) is 9.47 Å². The predicted molar refractivity (Wildman–Crippen MR) is 106 cm³/mol. The maximum absolute atomic E-state index is 12.5. The van der Waals surface area contributed by atoms with Gasteiger partial charge in [-0.2, -0.15) is 8.75 Å². The Kier molecular flexibility index (Phi) is 6.32. The molecule has 8 nitrogen and oxygen atoms in total. The van der Waals surface area contributed by atoms with Gasteiger partial charge in [0.15, 0.2) is 5.13 Å². The van der Waals surface area contributed by atoms with Gasteiger partial charge in [-0.25, -0.2) is 9.78 Å². The lowest BCUT2D eigenvalue weighted by Gasteiger charge is -2.07. The van der Waals surface area contributed by atoms with Crippen LogP contribution in [-0.4, -0.2) is 32.2 Å². The van der Waals surface area contributed by atoms with Crippen molar-refractivity contribution in [3.05, 3.63) is 51.8 Å². The molecule has 3 aromatic rings. The molecule has 2 aromatic heterocycles. The number of benzene rings is 1. The first-order chi connectivity index (χ1) is 13.5. The second-order valence-electron chi connectivity index (χ2n) is 5.72. The molecule has 0 aliphatic heterocycles. The number of hydrogen-bond donors (Lipinski definition) is 1. The quantitative estimate of drug-likeness (QED) is 0.585. The van der Waals surface area contributed by atoms with Gasteiger partial charge >= 0.3 is 5.97 Å². The minimum Gasteiger partial charge on any atom is -0.487 e. The summed E-state index contributed by atoms with van der Waals surface area (Å²) in [5, 5.41) is 3.04. The molecule has 0 radical (unpaired) electrons. The number of hydrogen-bond acceptors (Lipinski definition) is 9. The van der Waals surface area contributed by atoms with Gasteiger partial charge in [0.2, 0.25) is 0 Å². The molecule has 0 atom stereocenters. The van der Waals surface area contributed by atoms with Crippen molar-refractivity contribution in [2.45, 2.75) is 27.4 Å². The van der Waals surface area contributed by atoms with Crippen LogP contribution < -0.4 is 10.1 Å². The third-order valence-corrected chi connectivity index (χ3v) is 5.41. The first kappa shape index (κ1) is 19.9. The number of aryl methyl sites for hydroxylation is 2. The van der Waals surface area contributed by atoms with Gasteiger partial charge in [0.1, 0.15) is 22.9 Å². The van der Waals surface area contributed by atoms with Crippen LogP contribution in [-0.2, 0) is 11.3 Å². The summed E-state index contributed by atoms with van der Waals surface area (Å²) in [6.45, 7) is 5.86. The second-order valence-corrected chi connectivity index (χ2v) is 7.25. The Hall–Kier alpha value is -2.85. The number of nitrogens with zero attached hydrogens (tertiary/aromatic N) is 3. The van der Waals surface area contributed by atoms with Crippen LogP contribution in [0.25, 0.3) is 0 Å². The van der Waals surface area contributed by atoms with Crippen molar-refractivity contribution in [2.75, 3.05) is 11.9 Å². The number of nitrogens with one attached hydrogen (secondary N) is 1. The molecule has 2 heterocycles. The lowest BCUT2D eigenvalue weighted by atomic mass is 10.2. The number of carbonyl (C=O) groups is 2. The third-order valence-electron chi connectivity index (χ3n) is 3.70. The van der Waals surface area contributed by atoms with Crippen LogP contribution in [0.1, 0.15) is 44.0 Å². The van der Waals surface area contributed by atoms with Crippen LogP contribution in [0.3, 0.4) is 0 Å². The molecule has 0 aliphatic carbocycles. The molecular weight excluding hydrogens is 400 g/mol. The van der Waals surface area contributed by atoms with E-state index < -0.39 is 5.97 Å². The van der Waals surface area contributed by atoms with Crippen molar-refractivity contribution < 1.29 is 19.1 Å². The monoisotopic (exact) mass is 418 g/mol. The standard InChI is InChI=1S/C18H18N4O4S2/c1-4-25-17(24)15-11(3)19-18(27-15)20-16(23)12-6-5-7-13(8-12)26-9-14-10(2)21-28-22-14/h5-8H,4,9H2,1-3H3,(H,19,20,23). The van der Waals surface area contributed by atoms with E-state index >= 15 is 0 Å². The SMILES string of the molecule is CCOC(=O)c1sc(NC(=O)c2cccc(OCc3nsnc3C)c2)nc1C. The van der Waals surface area contributed by atoms with Crippen molar-refractivity contribution in [1.82, 2.24) is 13.7 Å². The summed E-state index contributed by atoms with van der Waals surface area (Å²) < 4.78 is 19.0. The number of amides is 1. The average Bonchev–Trinajstić information content (AvgIpc) is 3.25. The van der Waals surface area contributed by atoms with Gasteiger partial charge in [0, 0.05) is 5.56 Å². The highest BCUT2D eigenvalue weighted by molar-refractivity contribution is 7.17. The lowest BCUT2D eigenvalue weighted by molar-refractivity contribution is 0.0531. The first-order valence-electron chi connectivity index (χ1n) is 8.44. The molecule has 0 fully saturated rings. The number of esters is 1. The highest BCUT2D eigenvalue weighted by Crippen LogP contribution is 2.24. The number of ether oxygens (including phenoxy) is 2. The summed E-state index contributed by atoms with van der Waals surface area (Å²) in [5.74, 6) is -0.246. The van der Waals surface area contributed by atoms with Crippen LogP contribution >= 0.6 is 23.1 Å². The van der Waals surface area contributed by atoms with Gasteiger partial charge in [0.25, 0.3) is 5.91 Å². The van der Waals surface area contributed by atoms with E-state index in [1.54, 1.807) is 38.1 Å². The van der Waals surface area contributed by atoms with Crippen LogP contribution in [0.15, 0.2) is 24.3 Å². The Morgan fingerprint density at radius 1 is 1.18 bits per heavy atom. The fourth-order valence-electron chi connectivity index (χ4n) is 2.26. The molecule has 3 rings (SSSR count). The summed E-state index contributed by atoms with van der Waals surface area (Å²) in [4.78, 5) is 29.0. The minimum absolute atomic E-state index is 0.279. The van der Waals surface area contributed by atoms with Crippen molar-refractivity contribution in [2.24, 2.45) is 0 Å². The number of carbonyl (C=O) groups excluding carboxylic acids is 2. The van der Waals surface area contributed by atoms with E-state index in [0.717, 1.165) is 34.5 Å². The molecule has 28 heavy (non-hydrogen) atoms. The van der Waals surface area contributed by atoms with Crippen molar-refractivity contribution in [3.63, 3.8) is 0 Å². The zero-order valence-corrected chi connectivity index (χ0v) is 17.1. The molecule has 1 aromatic carbocycles. The van der Waals surface area contributed by atoms with E-state index in [2.05, 4.69) is 19.0 Å². The Labute approximate surface area is 169 Å². The number of anilines is 1. The van der Waals surface area contributed by atoms with Crippen LogP contribution in [0.5, 0.6) is 5.75 Å². The maximum atomic E-state index is 12.5. The minimum atomic E-state index is -0.444. The van der Waals surface area contributed by atoms with Gasteiger partial charge in [-0.3, -0.25) is 10.1 Å². The summed E-state index contributed by atoms with van der Waals surface area (Å²) in [5.41, 5.74) is 2.53. The van der Waals surface area contributed by atoms with Crippen molar-refractivity contribution in [1.29, 1.82) is 0 Å². The zero-order valence-electron chi connectivity index (χ0n) is 15.5. The first-order valence-corrected chi connectivity index (χ1v) is 9.99. The number of rotatable bonds is 7. The molecule has 10 heteroatoms. The van der Waals surface area contributed by atoms with Crippen molar-refractivity contribution in [3.8, 4) is 5.75 Å². The van der Waals surface area contributed by atoms with Gasteiger partial charge < -0.3 is 9.47 Å². The normalized spacial score (nSPS) is 10.5. The fourth-order valence-corrected chi connectivity index (χ4v) is 3.67. The highest BCUT2D eigenvalue weighted by Gasteiger charge is 2.18. The predicted octanol–water partition coefficient (Wildman–Crippen LogP) is 3.62. The molecule has 0 saturated heterocycles. The van der Waals surface area contributed by atoms with Crippen LogP contribution in [0, 0.1) is 13.8 Å². The Morgan fingerprint density at radius 3 is 2.71 bits per heavy atom. The summed E-state index contributed by atoms with van der Waals surface area (Å²) >= 11 is 2.22.